The Bertz CT molecular complexity index is 315. The van der Waals surface area contributed by atoms with Crippen LogP contribution in [0.4, 0.5) is 0 Å². The minimum atomic E-state index is -0.706. The lowest BCUT2D eigenvalue weighted by Crippen LogP contribution is -2.14. The smallest absolute Gasteiger partial charge is 0.0864 e. The first kappa shape index (κ1) is 12.5. The van der Waals surface area contributed by atoms with Crippen molar-refractivity contribution in [3.8, 4) is 0 Å². The maximum atomic E-state index is 9.20. The lowest BCUT2D eigenvalue weighted by molar-refractivity contribution is 0.113. The molecule has 1 aromatic rings. The number of aliphatic hydroxyl groups excluding tert-OH is 3. The molecule has 3 nitrogen and oxygen atoms in total. The first-order chi connectivity index (χ1) is 7.17. The molecule has 0 amide bonds. The first-order valence-electron chi connectivity index (χ1n) is 4.79. The second kappa shape index (κ2) is 6.12. The van der Waals surface area contributed by atoms with Gasteiger partial charge in [0, 0.05) is 10.6 Å². The van der Waals surface area contributed by atoms with Crippen LogP contribution >= 0.6 is 11.8 Å². The molecule has 0 aliphatic rings. The van der Waals surface area contributed by atoms with Crippen LogP contribution in [0.25, 0.3) is 0 Å². The minimum Gasteiger partial charge on any atom is -0.394 e. The molecule has 0 aliphatic heterocycles. The molecular weight excluding hydrogens is 212 g/mol. The van der Waals surface area contributed by atoms with E-state index >= 15 is 0 Å². The average molecular weight is 228 g/mol. The summed E-state index contributed by atoms with van der Waals surface area (Å²) in [6.07, 6.45) is -0.706. The summed E-state index contributed by atoms with van der Waals surface area (Å²) in [6.45, 7) is 1.74. The van der Waals surface area contributed by atoms with Gasteiger partial charge in [-0.1, -0.05) is 17.7 Å². The van der Waals surface area contributed by atoms with Crippen LogP contribution in [0, 0.1) is 6.92 Å². The second-order valence-electron chi connectivity index (χ2n) is 3.42. The molecule has 1 atom stereocenters. The summed E-state index contributed by atoms with van der Waals surface area (Å²) in [4.78, 5) is 0.954. The van der Waals surface area contributed by atoms with Gasteiger partial charge in [0.15, 0.2) is 0 Å². The van der Waals surface area contributed by atoms with Gasteiger partial charge >= 0.3 is 0 Å². The van der Waals surface area contributed by atoms with Gasteiger partial charge in [-0.15, -0.1) is 11.8 Å². The summed E-state index contributed by atoms with van der Waals surface area (Å²) < 4.78 is 0. The molecule has 15 heavy (non-hydrogen) atoms. The lowest BCUT2D eigenvalue weighted by Gasteiger charge is -2.10. The van der Waals surface area contributed by atoms with Gasteiger partial charge in [-0.2, -0.15) is 0 Å². The van der Waals surface area contributed by atoms with E-state index in [9.17, 15) is 5.11 Å². The number of aliphatic hydroxyl groups is 3. The van der Waals surface area contributed by atoms with Gasteiger partial charge in [0.25, 0.3) is 0 Å². The minimum absolute atomic E-state index is 0.000760. The molecule has 0 saturated carbocycles. The normalized spacial score (nSPS) is 12.8. The van der Waals surface area contributed by atoms with Crippen molar-refractivity contribution in [2.45, 2.75) is 24.5 Å². The molecule has 0 aliphatic carbocycles. The summed E-state index contributed by atoms with van der Waals surface area (Å²) in [5.74, 6) is 0.437. The molecule has 0 saturated heterocycles. The fraction of sp³-hybridized carbons (Fsp3) is 0.455. The fourth-order valence-corrected chi connectivity index (χ4v) is 2.16. The highest BCUT2D eigenvalue weighted by molar-refractivity contribution is 7.99. The Labute approximate surface area is 93.8 Å². The van der Waals surface area contributed by atoms with Crippen LogP contribution in [0.3, 0.4) is 0 Å². The first-order valence-corrected chi connectivity index (χ1v) is 5.78. The van der Waals surface area contributed by atoms with E-state index in [1.54, 1.807) is 0 Å². The quantitative estimate of drug-likeness (QED) is 0.656. The van der Waals surface area contributed by atoms with Crippen LogP contribution in [0.1, 0.15) is 11.1 Å². The SMILES string of the molecule is Cc1ccc(SCC(O)CO)c(CO)c1. The highest BCUT2D eigenvalue weighted by Crippen LogP contribution is 2.24. The molecule has 3 N–H and O–H groups in total. The van der Waals surface area contributed by atoms with Gasteiger partial charge in [-0.25, -0.2) is 0 Å². The number of benzene rings is 1. The molecule has 0 fully saturated rings. The summed E-state index contributed by atoms with van der Waals surface area (Å²) in [6, 6.07) is 5.82. The van der Waals surface area contributed by atoms with Crippen molar-refractivity contribution in [3.05, 3.63) is 29.3 Å². The van der Waals surface area contributed by atoms with E-state index in [-0.39, 0.29) is 13.2 Å². The molecule has 1 unspecified atom stereocenters. The molecule has 0 radical (unpaired) electrons. The van der Waals surface area contributed by atoms with Crippen molar-refractivity contribution in [2.24, 2.45) is 0 Å². The van der Waals surface area contributed by atoms with Gasteiger partial charge < -0.3 is 15.3 Å². The van der Waals surface area contributed by atoms with Crippen LogP contribution < -0.4 is 0 Å². The second-order valence-corrected chi connectivity index (χ2v) is 4.48. The number of thioether (sulfide) groups is 1. The molecule has 0 heterocycles. The molecule has 4 heteroatoms. The summed E-state index contributed by atoms with van der Waals surface area (Å²) in [7, 11) is 0. The summed E-state index contributed by atoms with van der Waals surface area (Å²) in [5.41, 5.74) is 1.97. The fourth-order valence-electron chi connectivity index (χ4n) is 1.21. The predicted molar refractivity (Wildman–Crippen MR) is 60.9 cm³/mol. The van der Waals surface area contributed by atoms with Crippen LogP contribution in [-0.4, -0.2) is 33.8 Å². The lowest BCUT2D eigenvalue weighted by atomic mass is 10.1. The predicted octanol–water partition coefficient (Wildman–Crippen LogP) is 0.933. The van der Waals surface area contributed by atoms with Crippen LogP contribution in [0.2, 0.25) is 0 Å². The van der Waals surface area contributed by atoms with Gasteiger partial charge in [0.05, 0.1) is 19.3 Å². The van der Waals surface area contributed by atoms with Gasteiger partial charge in [-0.3, -0.25) is 0 Å². The van der Waals surface area contributed by atoms with Gasteiger partial charge in [0.1, 0.15) is 0 Å². The number of hydrogen-bond donors (Lipinski definition) is 3. The third-order valence-corrected chi connectivity index (χ3v) is 3.29. The zero-order valence-corrected chi connectivity index (χ0v) is 9.50. The maximum Gasteiger partial charge on any atom is 0.0864 e. The van der Waals surface area contributed by atoms with E-state index in [1.165, 1.54) is 11.8 Å². The largest absolute Gasteiger partial charge is 0.394 e. The van der Waals surface area contributed by atoms with Crippen LogP contribution in [-0.2, 0) is 6.61 Å². The van der Waals surface area contributed by atoms with Crippen molar-refractivity contribution in [1.82, 2.24) is 0 Å². The molecular formula is C11H16O3S. The molecule has 1 rings (SSSR count). The monoisotopic (exact) mass is 228 g/mol. The highest BCUT2D eigenvalue weighted by atomic mass is 32.2. The van der Waals surface area contributed by atoms with E-state index in [1.807, 2.05) is 25.1 Å². The zero-order valence-electron chi connectivity index (χ0n) is 8.68. The maximum absolute atomic E-state index is 9.20. The third-order valence-electron chi connectivity index (χ3n) is 2.03. The Morgan fingerprint density at radius 2 is 2.07 bits per heavy atom. The number of hydrogen-bond acceptors (Lipinski definition) is 4. The Hall–Kier alpha value is -0.550. The van der Waals surface area contributed by atoms with Gasteiger partial charge in [0.2, 0.25) is 0 Å². The third kappa shape index (κ3) is 3.83. The molecule has 84 valence electrons. The number of aryl methyl sites for hydroxylation is 1. The van der Waals surface area contributed by atoms with E-state index < -0.39 is 6.10 Å². The number of rotatable bonds is 5. The summed E-state index contributed by atoms with van der Waals surface area (Å²) in [5, 5.41) is 27.0. The summed E-state index contributed by atoms with van der Waals surface area (Å²) >= 11 is 1.44. The molecule has 0 spiro atoms. The molecule has 1 aromatic carbocycles. The molecule has 0 bridgehead atoms. The van der Waals surface area contributed by atoms with E-state index in [0.717, 1.165) is 16.0 Å². The highest BCUT2D eigenvalue weighted by Gasteiger charge is 2.06. The zero-order chi connectivity index (χ0) is 11.3. The average Bonchev–Trinajstić information content (AvgIpc) is 2.26. The molecule has 0 aromatic heterocycles. The Morgan fingerprint density at radius 1 is 1.33 bits per heavy atom. The van der Waals surface area contributed by atoms with E-state index in [0.29, 0.717) is 5.75 Å². The van der Waals surface area contributed by atoms with Crippen LogP contribution in [0.5, 0.6) is 0 Å². The Kier molecular flexibility index (Phi) is 5.11. The van der Waals surface area contributed by atoms with E-state index in [2.05, 4.69) is 0 Å². The Morgan fingerprint density at radius 3 is 2.67 bits per heavy atom. The van der Waals surface area contributed by atoms with Crippen molar-refractivity contribution in [3.63, 3.8) is 0 Å². The van der Waals surface area contributed by atoms with Crippen LogP contribution in [0.15, 0.2) is 23.1 Å². The van der Waals surface area contributed by atoms with Crippen molar-refractivity contribution < 1.29 is 15.3 Å². The standard InChI is InChI=1S/C11H16O3S/c1-8-2-3-11(9(4-8)5-12)15-7-10(14)6-13/h2-4,10,12-14H,5-7H2,1H3. The van der Waals surface area contributed by atoms with Crippen molar-refractivity contribution >= 4 is 11.8 Å². The van der Waals surface area contributed by atoms with Gasteiger partial charge in [-0.05, 0) is 18.6 Å². The van der Waals surface area contributed by atoms with Crippen molar-refractivity contribution in [2.75, 3.05) is 12.4 Å². The topological polar surface area (TPSA) is 60.7 Å². The Balaban J connectivity index is 2.67. The van der Waals surface area contributed by atoms with E-state index in [4.69, 9.17) is 10.2 Å². The van der Waals surface area contributed by atoms with Crippen molar-refractivity contribution in [1.29, 1.82) is 0 Å².